The molecule has 5 nitrogen and oxygen atoms in total. The van der Waals surface area contributed by atoms with Crippen LogP contribution in [0.25, 0.3) is 11.3 Å². The van der Waals surface area contributed by atoms with E-state index in [1.807, 2.05) is 6.07 Å². The summed E-state index contributed by atoms with van der Waals surface area (Å²) in [6, 6.07) is 15.1. The minimum Gasteiger partial charge on any atom is -0.497 e. The van der Waals surface area contributed by atoms with E-state index in [9.17, 15) is 13.2 Å². The van der Waals surface area contributed by atoms with Crippen molar-refractivity contribution >= 4 is 15.9 Å². The van der Waals surface area contributed by atoms with Crippen LogP contribution in [-0.2, 0) is 12.8 Å². The van der Waals surface area contributed by atoms with Crippen LogP contribution in [0.3, 0.4) is 0 Å². The molecule has 3 rings (SSSR count). The fourth-order valence-corrected chi connectivity index (χ4v) is 3.09. The maximum Gasteiger partial charge on any atom is 0.436 e. The van der Waals surface area contributed by atoms with Gasteiger partial charge in [0, 0.05) is 5.56 Å². The van der Waals surface area contributed by atoms with E-state index < -0.39 is 11.9 Å². The number of nitrogens with zero attached hydrogens (tertiary/aromatic N) is 3. The smallest absolute Gasteiger partial charge is 0.436 e. The summed E-state index contributed by atoms with van der Waals surface area (Å²) in [6.07, 6.45) is -4.70. The maximum atomic E-state index is 13.3. The average molecular weight is 464 g/mol. The highest BCUT2D eigenvalue weighted by Gasteiger charge is 2.38. The van der Waals surface area contributed by atoms with Crippen molar-refractivity contribution in [3.8, 4) is 28.8 Å². The first-order valence-electron chi connectivity index (χ1n) is 8.23. The fourth-order valence-electron chi connectivity index (χ4n) is 2.48. The van der Waals surface area contributed by atoms with Gasteiger partial charge in [0.05, 0.1) is 23.2 Å². The summed E-state index contributed by atoms with van der Waals surface area (Å²) in [6.45, 7) is 0.00879. The molecule has 0 aliphatic rings. The lowest BCUT2D eigenvalue weighted by Gasteiger charge is -2.16. The Morgan fingerprint density at radius 2 is 1.69 bits per heavy atom. The van der Waals surface area contributed by atoms with Crippen LogP contribution in [0, 0.1) is 11.3 Å². The van der Waals surface area contributed by atoms with Crippen molar-refractivity contribution in [3.05, 3.63) is 69.8 Å². The highest BCUT2D eigenvalue weighted by atomic mass is 79.9. The Hall–Kier alpha value is -3.12. The summed E-state index contributed by atoms with van der Waals surface area (Å²) >= 11 is 2.97. The van der Waals surface area contributed by atoms with Crippen LogP contribution in [0.15, 0.2) is 53.0 Å². The number of nitriles is 1. The number of methoxy groups -OCH3 is 1. The number of ether oxygens (including phenoxy) is 2. The number of alkyl halides is 3. The minimum atomic E-state index is -4.70. The van der Waals surface area contributed by atoms with Crippen molar-refractivity contribution in [3.63, 3.8) is 0 Å². The second kappa shape index (κ2) is 8.49. The SMILES string of the molecule is COc1ccc(COc2c(-c3ccc(C#N)cc3)nnc(C(F)(F)F)c2Br)cc1. The molecular weight excluding hydrogens is 451 g/mol. The average Bonchev–Trinajstić information content (AvgIpc) is 2.72. The van der Waals surface area contributed by atoms with Crippen LogP contribution in [0.5, 0.6) is 11.5 Å². The first kappa shape index (κ1) is 20.6. The van der Waals surface area contributed by atoms with E-state index in [0.717, 1.165) is 5.56 Å². The summed E-state index contributed by atoms with van der Waals surface area (Å²) in [5.41, 5.74) is 0.556. The van der Waals surface area contributed by atoms with E-state index in [1.165, 1.54) is 19.2 Å². The van der Waals surface area contributed by atoms with Gasteiger partial charge in [-0.15, -0.1) is 10.2 Å². The molecule has 0 unspecified atom stereocenters. The molecule has 0 bridgehead atoms. The van der Waals surface area contributed by atoms with E-state index in [2.05, 4.69) is 26.1 Å². The number of benzene rings is 2. The van der Waals surface area contributed by atoms with E-state index in [-0.39, 0.29) is 22.5 Å². The van der Waals surface area contributed by atoms with E-state index in [1.54, 1.807) is 36.4 Å². The zero-order chi connectivity index (χ0) is 21.0. The van der Waals surface area contributed by atoms with Crippen molar-refractivity contribution in [2.75, 3.05) is 7.11 Å². The van der Waals surface area contributed by atoms with Crippen molar-refractivity contribution < 1.29 is 22.6 Å². The molecule has 0 aliphatic heterocycles. The van der Waals surface area contributed by atoms with E-state index >= 15 is 0 Å². The van der Waals surface area contributed by atoms with Crippen LogP contribution in [0.1, 0.15) is 16.8 Å². The molecule has 0 amide bonds. The summed E-state index contributed by atoms with van der Waals surface area (Å²) in [5, 5.41) is 16.0. The highest BCUT2D eigenvalue weighted by Crippen LogP contribution is 2.42. The van der Waals surface area contributed by atoms with Gasteiger partial charge in [-0.05, 0) is 45.8 Å². The molecule has 3 aromatic rings. The molecule has 0 aliphatic carbocycles. The minimum absolute atomic E-state index is 0.00879. The lowest BCUT2D eigenvalue weighted by molar-refractivity contribution is -0.142. The second-order valence-corrected chi connectivity index (χ2v) is 6.66. The molecule has 1 aromatic heterocycles. The van der Waals surface area contributed by atoms with E-state index in [0.29, 0.717) is 16.9 Å². The van der Waals surface area contributed by atoms with Crippen molar-refractivity contribution in [1.29, 1.82) is 5.26 Å². The first-order chi connectivity index (χ1) is 13.8. The molecule has 0 atom stereocenters. The molecule has 0 saturated carbocycles. The van der Waals surface area contributed by atoms with Crippen molar-refractivity contribution in [2.45, 2.75) is 12.8 Å². The van der Waals surface area contributed by atoms with Gasteiger partial charge in [0.1, 0.15) is 18.1 Å². The molecule has 0 radical (unpaired) electrons. The Balaban J connectivity index is 2.01. The van der Waals surface area contributed by atoms with Gasteiger partial charge in [-0.25, -0.2) is 0 Å². The van der Waals surface area contributed by atoms with Gasteiger partial charge in [-0.2, -0.15) is 18.4 Å². The Morgan fingerprint density at radius 1 is 1.03 bits per heavy atom. The summed E-state index contributed by atoms with van der Waals surface area (Å²) in [5.74, 6) is 0.561. The number of aromatic nitrogens is 2. The topological polar surface area (TPSA) is 68.0 Å². The normalized spacial score (nSPS) is 11.0. The lowest BCUT2D eigenvalue weighted by atomic mass is 10.1. The van der Waals surface area contributed by atoms with Gasteiger partial charge >= 0.3 is 6.18 Å². The molecule has 0 saturated heterocycles. The van der Waals surface area contributed by atoms with Gasteiger partial charge < -0.3 is 9.47 Å². The monoisotopic (exact) mass is 463 g/mol. The Morgan fingerprint density at radius 3 is 2.24 bits per heavy atom. The molecule has 0 spiro atoms. The lowest BCUT2D eigenvalue weighted by Crippen LogP contribution is -2.13. The number of hydrogen-bond acceptors (Lipinski definition) is 5. The van der Waals surface area contributed by atoms with Crippen molar-refractivity contribution in [1.82, 2.24) is 10.2 Å². The molecular formula is C20H13BrF3N3O2. The molecule has 1 heterocycles. The third-order valence-electron chi connectivity index (χ3n) is 3.97. The first-order valence-corrected chi connectivity index (χ1v) is 9.02. The van der Waals surface area contributed by atoms with Crippen LogP contribution in [0.4, 0.5) is 13.2 Å². The number of hydrogen-bond donors (Lipinski definition) is 0. The zero-order valence-corrected chi connectivity index (χ0v) is 16.6. The molecule has 0 fully saturated rings. The molecule has 148 valence electrons. The van der Waals surface area contributed by atoms with Crippen LogP contribution in [0.2, 0.25) is 0 Å². The molecule has 29 heavy (non-hydrogen) atoms. The quantitative estimate of drug-likeness (QED) is 0.507. The van der Waals surface area contributed by atoms with Gasteiger partial charge in [-0.3, -0.25) is 0 Å². The van der Waals surface area contributed by atoms with Gasteiger partial charge in [0.15, 0.2) is 11.4 Å². The van der Waals surface area contributed by atoms with Crippen molar-refractivity contribution in [2.24, 2.45) is 0 Å². The Labute approximate surface area is 172 Å². The molecule has 0 N–H and O–H groups in total. The van der Waals surface area contributed by atoms with Gasteiger partial charge in [-0.1, -0.05) is 24.3 Å². The summed E-state index contributed by atoms with van der Waals surface area (Å²) in [7, 11) is 1.54. The molecule has 9 heteroatoms. The largest absolute Gasteiger partial charge is 0.497 e. The van der Waals surface area contributed by atoms with Crippen LogP contribution >= 0.6 is 15.9 Å². The predicted octanol–water partition coefficient (Wildman–Crippen LogP) is 5.38. The standard InChI is InChI=1S/C20H13BrF3N3O2/c1-28-15-8-4-13(5-9-15)11-29-18-16(21)19(20(22,23)24)27-26-17(18)14-6-2-12(10-25)3-7-14/h2-9H,11H2,1H3. The summed E-state index contributed by atoms with van der Waals surface area (Å²) < 4.78 is 50.3. The zero-order valence-electron chi connectivity index (χ0n) is 15.0. The third kappa shape index (κ3) is 4.66. The number of halogens is 4. The summed E-state index contributed by atoms with van der Waals surface area (Å²) in [4.78, 5) is 0. The molecule has 2 aromatic carbocycles. The maximum absolute atomic E-state index is 13.3. The predicted molar refractivity (Wildman–Crippen MR) is 102 cm³/mol. The van der Waals surface area contributed by atoms with Crippen LogP contribution < -0.4 is 9.47 Å². The second-order valence-electron chi connectivity index (χ2n) is 5.86. The van der Waals surface area contributed by atoms with Crippen LogP contribution in [-0.4, -0.2) is 17.3 Å². The third-order valence-corrected chi connectivity index (χ3v) is 4.71. The fraction of sp³-hybridized carbons (Fsp3) is 0.150. The number of rotatable bonds is 5. The highest BCUT2D eigenvalue weighted by molar-refractivity contribution is 9.10. The van der Waals surface area contributed by atoms with Gasteiger partial charge in [0.2, 0.25) is 0 Å². The Bertz CT molecular complexity index is 1050. The van der Waals surface area contributed by atoms with Gasteiger partial charge in [0.25, 0.3) is 0 Å². The Kier molecular flexibility index (Phi) is 6.03. The van der Waals surface area contributed by atoms with E-state index in [4.69, 9.17) is 14.7 Å².